The minimum Gasteiger partial charge on any atom is -0.507 e. The highest BCUT2D eigenvalue weighted by atomic mass is 16.5. The molecule has 0 amide bonds. The highest BCUT2D eigenvalue weighted by Crippen LogP contribution is 2.41. The maximum atomic E-state index is 12.6. The maximum absolute atomic E-state index is 12.6. The van der Waals surface area contributed by atoms with Crippen molar-refractivity contribution in [2.45, 2.75) is 37.3 Å². The number of phenolic OH excluding ortho intramolecular Hbond substituents is 4. The SMILES string of the molecule is O=C(CCc1ccc(O)c(O)c1)c1ccc(O)c([C@@H]2OC[C@@H](O)[C@H](O)[C@H]2O)c1O. The van der Waals surface area contributed by atoms with Gasteiger partial charge >= 0.3 is 0 Å². The molecule has 156 valence electrons. The summed E-state index contributed by atoms with van der Waals surface area (Å²) in [7, 11) is 0. The van der Waals surface area contributed by atoms with Gasteiger partial charge in [0.2, 0.25) is 0 Å². The summed E-state index contributed by atoms with van der Waals surface area (Å²) in [4.78, 5) is 12.6. The zero-order chi connectivity index (χ0) is 21.3. The summed E-state index contributed by atoms with van der Waals surface area (Å²) in [6.07, 6.45) is -5.66. The number of aromatic hydroxyl groups is 4. The number of ketones is 1. The standard InChI is InChI=1S/C20H22O9/c21-11(4-1-9-2-5-12(22)14(24)7-9)10-3-6-13(23)16(17(10)26)20-19(28)18(27)15(25)8-29-20/h2-3,5-7,15,18-20,22-28H,1,4,8H2/t15-,18+,19-,20+/m1/s1. The van der Waals surface area contributed by atoms with Crippen molar-refractivity contribution in [2.24, 2.45) is 0 Å². The molecule has 9 nitrogen and oxygen atoms in total. The summed E-state index contributed by atoms with van der Waals surface area (Å²) < 4.78 is 5.27. The zero-order valence-corrected chi connectivity index (χ0v) is 15.3. The van der Waals surface area contributed by atoms with E-state index in [0.717, 1.165) is 0 Å². The van der Waals surface area contributed by atoms with Crippen LogP contribution < -0.4 is 0 Å². The van der Waals surface area contributed by atoms with Gasteiger partial charge < -0.3 is 40.5 Å². The van der Waals surface area contributed by atoms with Crippen LogP contribution in [0.5, 0.6) is 23.0 Å². The molecule has 1 heterocycles. The van der Waals surface area contributed by atoms with Crippen LogP contribution in [0.25, 0.3) is 0 Å². The maximum Gasteiger partial charge on any atom is 0.166 e. The van der Waals surface area contributed by atoms with Gasteiger partial charge in [0.05, 0.1) is 17.7 Å². The number of Topliss-reactive ketones (excluding diaryl/α,β-unsaturated/α-hetero) is 1. The van der Waals surface area contributed by atoms with Gasteiger partial charge in [0.1, 0.15) is 35.9 Å². The number of aliphatic hydroxyl groups excluding tert-OH is 3. The molecule has 4 atom stereocenters. The van der Waals surface area contributed by atoms with Gasteiger partial charge in [-0.3, -0.25) is 4.79 Å². The molecule has 0 spiro atoms. The van der Waals surface area contributed by atoms with Gasteiger partial charge in [-0.15, -0.1) is 0 Å². The van der Waals surface area contributed by atoms with Crippen LogP contribution in [0.2, 0.25) is 0 Å². The molecule has 7 N–H and O–H groups in total. The Morgan fingerprint density at radius 3 is 2.31 bits per heavy atom. The van der Waals surface area contributed by atoms with E-state index >= 15 is 0 Å². The average molecular weight is 406 g/mol. The van der Waals surface area contributed by atoms with E-state index < -0.39 is 41.7 Å². The second-order valence-electron chi connectivity index (χ2n) is 6.94. The van der Waals surface area contributed by atoms with Crippen molar-refractivity contribution >= 4 is 5.78 Å². The lowest BCUT2D eigenvalue weighted by atomic mass is 9.91. The average Bonchev–Trinajstić information content (AvgIpc) is 2.68. The zero-order valence-electron chi connectivity index (χ0n) is 15.3. The van der Waals surface area contributed by atoms with E-state index in [1.807, 2.05) is 0 Å². The van der Waals surface area contributed by atoms with E-state index in [9.17, 15) is 40.5 Å². The number of hydrogen-bond acceptors (Lipinski definition) is 9. The number of ether oxygens (including phenoxy) is 1. The van der Waals surface area contributed by atoms with E-state index in [0.29, 0.717) is 5.56 Å². The smallest absolute Gasteiger partial charge is 0.166 e. The quantitative estimate of drug-likeness (QED) is 0.276. The Hall–Kier alpha value is -2.85. The number of hydrogen-bond donors (Lipinski definition) is 7. The molecule has 0 aliphatic carbocycles. The van der Waals surface area contributed by atoms with Crippen molar-refractivity contribution in [2.75, 3.05) is 6.61 Å². The fourth-order valence-corrected chi connectivity index (χ4v) is 3.28. The second kappa shape index (κ2) is 8.26. The minimum absolute atomic E-state index is 0.0442. The minimum atomic E-state index is -1.62. The molecule has 1 aliphatic rings. The van der Waals surface area contributed by atoms with Crippen molar-refractivity contribution in [3.05, 3.63) is 47.0 Å². The summed E-state index contributed by atoms with van der Waals surface area (Å²) in [5.74, 6) is -2.08. The van der Waals surface area contributed by atoms with Crippen LogP contribution in [0.3, 0.4) is 0 Å². The predicted octanol–water partition coefficient (Wildman–Crippen LogP) is 0.478. The number of carbonyl (C=O) groups excluding carboxylic acids is 1. The molecular formula is C20H22O9. The first-order valence-corrected chi connectivity index (χ1v) is 8.95. The molecule has 0 bridgehead atoms. The number of aliphatic hydroxyl groups is 3. The summed E-state index contributed by atoms with van der Waals surface area (Å²) in [6.45, 7) is -0.329. The second-order valence-corrected chi connectivity index (χ2v) is 6.94. The first-order chi connectivity index (χ1) is 13.7. The molecule has 0 radical (unpaired) electrons. The summed E-state index contributed by atoms with van der Waals surface area (Å²) in [5.41, 5.74) is 0.226. The van der Waals surface area contributed by atoms with Gasteiger partial charge in [-0.1, -0.05) is 6.07 Å². The fraction of sp³-hybridized carbons (Fsp3) is 0.350. The molecule has 2 aromatic rings. The van der Waals surface area contributed by atoms with Gasteiger partial charge in [-0.05, 0) is 36.2 Å². The van der Waals surface area contributed by atoms with E-state index in [2.05, 4.69) is 0 Å². The Morgan fingerprint density at radius 2 is 1.62 bits per heavy atom. The Labute approximate surface area is 165 Å². The van der Waals surface area contributed by atoms with Crippen molar-refractivity contribution in [1.82, 2.24) is 0 Å². The molecule has 29 heavy (non-hydrogen) atoms. The van der Waals surface area contributed by atoms with Gasteiger partial charge in [-0.2, -0.15) is 0 Å². The molecule has 0 aromatic heterocycles. The molecule has 9 heteroatoms. The van der Waals surface area contributed by atoms with Crippen molar-refractivity contribution < 1.29 is 45.3 Å². The molecule has 1 fully saturated rings. The number of rotatable bonds is 5. The molecule has 0 unspecified atom stereocenters. The summed E-state index contributed by atoms with van der Waals surface area (Å²) in [6, 6.07) is 6.56. The predicted molar refractivity (Wildman–Crippen MR) is 98.9 cm³/mol. The molecule has 1 saturated heterocycles. The number of phenols is 4. The van der Waals surface area contributed by atoms with Crippen molar-refractivity contribution in [3.8, 4) is 23.0 Å². The first-order valence-electron chi connectivity index (χ1n) is 8.95. The normalized spacial score (nSPS) is 24.4. The largest absolute Gasteiger partial charge is 0.507 e. The molecule has 1 aliphatic heterocycles. The number of aryl methyl sites for hydroxylation is 1. The Kier molecular flexibility index (Phi) is 5.94. The lowest BCUT2D eigenvalue weighted by Gasteiger charge is -2.36. The van der Waals surface area contributed by atoms with E-state index in [1.54, 1.807) is 6.07 Å². The van der Waals surface area contributed by atoms with Crippen LogP contribution in [0, 0.1) is 0 Å². The topological polar surface area (TPSA) is 168 Å². The van der Waals surface area contributed by atoms with Gasteiger partial charge in [0, 0.05) is 6.42 Å². The van der Waals surface area contributed by atoms with E-state index in [1.165, 1.54) is 24.3 Å². The van der Waals surface area contributed by atoms with Gasteiger partial charge in [-0.25, -0.2) is 0 Å². The van der Waals surface area contributed by atoms with Gasteiger partial charge in [0.25, 0.3) is 0 Å². The third-order valence-electron chi connectivity index (χ3n) is 4.96. The van der Waals surface area contributed by atoms with Crippen LogP contribution >= 0.6 is 0 Å². The number of benzene rings is 2. The Bertz CT molecular complexity index is 911. The third-order valence-corrected chi connectivity index (χ3v) is 4.96. The third kappa shape index (κ3) is 4.13. The van der Waals surface area contributed by atoms with Gasteiger partial charge in [0.15, 0.2) is 17.3 Å². The highest BCUT2D eigenvalue weighted by molar-refractivity contribution is 5.99. The lowest BCUT2D eigenvalue weighted by Crippen LogP contribution is -2.49. The lowest BCUT2D eigenvalue weighted by molar-refractivity contribution is -0.189. The number of carbonyl (C=O) groups is 1. The van der Waals surface area contributed by atoms with Crippen LogP contribution in [0.15, 0.2) is 30.3 Å². The van der Waals surface area contributed by atoms with Crippen molar-refractivity contribution in [1.29, 1.82) is 0 Å². The molecule has 3 rings (SSSR count). The monoisotopic (exact) mass is 406 g/mol. The van der Waals surface area contributed by atoms with Crippen LogP contribution in [0.4, 0.5) is 0 Å². The van der Waals surface area contributed by atoms with Crippen LogP contribution in [-0.4, -0.2) is 66.4 Å². The molecular weight excluding hydrogens is 384 g/mol. The first kappa shape index (κ1) is 20.9. The summed E-state index contributed by atoms with van der Waals surface area (Å²) in [5, 5.41) is 69.1. The van der Waals surface area contributed by atoms with Crippen LogP contribution in [-0.2, 0) is 11.2 Å². The Morgan fingerprint density at radius 1 is 0.931 bits per heavy atom. The van der Waals surface area contributed by atoms with E-state index in [4.69, 9.17) is 4.74 Å². The summed E-state index contributed by atoms with van der Waals surface area (Å²) >= 11 is 0. The fourth-order valence-electron chi connectivity index (χ4n) is 3.28. The molecule has 0 saturated carbocycles. The van der Waals surface area contributed by atoms with Crippen molar-refractivity contribution in [3.63, 3.8) is 0 Å². The van der Waals surface area contributed by atoms with E-state index in [-0.39, 0.29) is 42.1 Å². The molecule has 2 aromatic carbocycles. The highest BCUT2D eigenvalue weighted by Gasteiger charge is 2.41. The Balaban J connectivity index is 1.82. The van der Waals surface area contributed by atoms with Crippen LogP contribution in [0.1, 0.15) is 34.0 Å².